The van der Waals surface area contributed by atoms with Gasteiger partial charge in [0, 0.05) is 37.6 Å². The lowest BCUT2D eigenvalue weighted by atomic mass is 9.91. The van der Waals surface area contributed by atoms with E-state index in [0.29, 0.717) is 6.04 Å². The second-order valence-corrected chi connectivity index (χ2v) is 6.89. The summed E-state index contributed by atoms with van der Waals surface area (Å²) in [5, 5.41) is 14.1. The molecule has 2 unspecified atom stereocenters. The zero-order valence-corrected chi connectivity index (χ0v) is 13.2. The van der Waals surface area contributed by atoms with Crippen LogP contribution in [-0.4, -0.2) is 59.1 Å². The molecule has 1 N–H and O–H groups in total. The van der Waals surface area contributed by atoms with Gasteiger partial charge in [0.05, 0.1) is 11.7 Å². The number of amides is 1. The second kappa shape index (κ2) is 6.90. The number of carbonyl (C=O) groups excluding carboxylic acids is 1. The van der Waals surface area contributed by atoms with Crippen molar-refractivity contribution in [1.82, 2.24) is 9.80 Å². The molecule has 2 fully saturated rings. The SMILES string of the molecule is O=C(c1ccsc1)N1CCCN(C2CCCCC2O)CC1. The quantitative estimate of drug-likeness (QED) is 0.911. The molecule has 2 atom stereocenters. The van der Waals surface area contributed by atoms with Crippen LogP contribution < -0.4 is 0 Å². The zero-order valence-electron chi connectivity index (χ0n) is 12.4. The number of hydrogen-bond donors (Lipinski definition) is 1. The van der Waals surface area contributed by atoms with Crippen molar-refractivity contribution in [1.29, 1.82) is 0 Å². The molecule has 1 aliphatic heterocycles. The normalized spacial score (nSPS) is 28.3. The molecule has 1 amide bonds. The first-order valence-corrected chi connectivity index (χ1v) is 8.93. The highest BCUT2D eigenvalue weighted by Crippen LogP contribution is 2.24. The predicted molar refractivity (Wildman–Crippen MR) is 84.7 cm³/mol. The summed E-state index contributed by atoms with van der Waals surface area (Å²) in [5.74, 6) is 0.155. The molecule has 1 saturated heterocycles. The number of thiophene rings is 1. The first-order valence-electron chi connectivity index (χ1n) is 7.99. The summed E-state index contributed by atoms with van der Waals surface area (Å²) in [7, 11) is 0. The molecule has 2 heterocycles. The minimum absolute atomic E-state index is 0.155. The maximum atomic E-state index is 12.4. The van der Waals surface area contributed by atoms with E-state index in [1.165, 1.54) is 6.42 Å². The number of rotatable bonds is 2. The van der Waals surface area contributed by atoms with Gasteiger partial charge in [0.1, 0.15) is 0 Å². The fourth-order valence-corrected chi connectivity index (χ4v) is 4.19. The standard InChI is InChI=1S/C16H24N2O2S/c19-15-5-2-1-4-14(15)17-7-3-8-18(10-9-17)16(20)13-6-11-21-12-13/h6,11-12,14-15,19H,1-5,7-10H2. The Hall–Kier alpha value is -0.910. The van der Waals surface area contributed by atoms with Gasteiger partial charge >= 0.3 is 0 Å². The summed E-state index contributed by atoms with van der Waals surface area (Å²) < 4.78 is 0. The Kier molecular flexibility index (Phi) is 4.93. The maximum Gasteiger partial charge on any atom is 0.254 e. The molecule has 0 aromatic carbocycles. The number of hydrogen-bond acceptors (Lipinski definition) is 4. The Bertz CT molecular complexity index is 463. The maximum absolute atomic E-state index is 12.4. The van der Waals surface area contributed by atoms with E-state index >= 15 is 0 Å². The Balaban J connectivity index is 1.60. The number of carbonyl (C=O) groups is 1. The molecule has 4 nitrogen and oxygen atoms in total. The van der Waals surface area contributed by atoms with E-state index < -0.39 is 0 Å². The average molecular weight is 308 g/mol. The smallest absolute Gasteiger partial charge is 0.254 e. The van der Waals surface area contributed by atoms with E-state index in [4.69, 9.17) is 0 Å². The lowest BCUT2D eigenvalue weighted by Crippen LogP contribution is -2.47. The Labute approximate surface area is 130 Å². The summed E-state index contributed by atoms with van der Waals surface area (Å²) in [6.07, 6.45) is 5.21. The minimum atomic E-state index is -0.183. The number of aliphatic hydroxyl groups excluding tert-OH is 1. The third-order valence-electron chi connectivity index (χ3n) is 4.75. The van der Waals surface area contributed by atoms with Crippen LogP contribution in [0.2, 0.25) is 0 Å². The summed E-state index contributed by atoms with van der Waals surface area (Å²) in [6.45, 7) is 3.48. The lowest BCUT2D eigenvalue weighted by Gasteiger charge is -2.37. The van der Waals surface area contributed by atoms with Crippen molar-refractivity contribution in [3.05, 3.63) is 22.4 Å². The van der Waals surface area contributed by atoms with Crippen LogP contribution in [0.5, 0.6) is 0 Å². The third-order valence-corrected chi connectivity index (χ3v) is 5.43. The van der Waals surface area contributed by atoms with Crippen LogP contribution in [0.25, 0.3) is 0 Å². The molecule has 0 spiro atoms. The van der Waals surface area contributed by atoms with Crippen molar-refractivity contribution < 1.29 is 9.90 Å². The van der Waals surface area contributed by atoms with Gasteiger partial charge in [-0.2, -0.15) is 11.3 Å². The summed E-state index contributed by atoms with van der Waals surface area (Å²) in [4.78, 5) is 16.8. The molecule has 0 radical (unpaired) electrons. The Morgan fingerprint density at radius 1 is 1.14 bits per heavy atom. The molecule has 2 aliphatic rings. The minimum Gasteiger partial charge on any atom is -0.391 e. The van der Waals surface area contributed by atoms with E-state index in [2.05, 4.69) is 4.90 Å². The highest BCUT2D eigenvalue weighted by atomic mass is 32.1. The van der Waals surface area contributed by atoms with Crippen molar-refractivity contribution in [2.45, 2.75) is 44.2 Å². The monoisotopic (exact) mass is 308 g/mol. The van der Waals surface area contributed by atoms with E-state index in [1.807, 2.05) is 21.7 Å². The van der Waals surface area contributed by atoms with Crippen LogP contribution in [0.15, 0.2) is 16.8 Å². The Morgan fingerprint density at radius 2 is 2.00 bits per heavy atom. The van der Waals surface area contributed by atoms with Crippen molar-refractivity contribution in [2.75, 3.05) is 26.2 Å². The van der Waals surface area contributed by atoms with Gasteiger partial charge in [-0.3, -0.25) is 9.69 Å². The van der Waals surface area contributed by atoms with Crippen LogP contribution in [0.4, 0.5) is 0 Å². The molecule has 1 saturated carbocycles. The fourth-order valence-electron chi connectivity index (χ4n) is 3.56. The summed E-state index contributed by atoms with van der Waals surface area (Å²) in [6, 6.07) is 2.20. The molecule has 1 aromatic heterocycles. The third kappa shape index (κ3) is 3.47. The van der Waals surface area contributed by atoms with Gasteiger partial charge in [-0.05, 0) is 30.7 Å². The van der Waals surface area contributed by atoms with E-state index in [0.717, 1.165) is 57.4 Å². The van der Waals surface area contributed by atoms with Gasteiger partial charge in [0.15, 0.2) is 0 Å². The van der Waals surface area contributed by atoms with Gasteiger partial charge in [0.2, 0.25) is 0 Å². The summed E-state index contributed by atoms with van der Waals surface area (Å²) >= 11 is 1.57. The van der Waals surface area contributed by atoms with Crippen LogP contribution in [0.1, 0.15) is 42.5 Å². The predicted octanol–water partition coefficient (Wildman–Crippen LogP) is 2.20. The number of nitrogens with zero attached hydrogens (tertiary/aromatic N) is 2. The van der Waals surface area contributed by atoms with E-state index in [-0.39, 0.29) is 12.0 Å². The molecule has 1 aromatic rings. The van der Waals surface area contributed by atoms with Gasteiger partial charge in [-0.1, -0.05) is 12.8 Å². The van der Waals surface area contributed by atoms with Crippen LogP contribution >= 0.6 is 11.3 Å². The molecule has 5 heteroatoms. The first-order chi connectivity index (χ1) is 10.3. The highest BCUT2D eigenvalue weighted by molar-refractivity contribution is 7.08. The van der Waals surface area contributed by atoms with Crippen molar-refractivity contribution in [2.24, 2.45) is 0 Å². The second-order valence-electron chi connectivity index (χ2n) is 6.11. The van der Waals surface area contributed by atoms with Crippen molar-refractivity contribution in [3.8, 4) is 0 Å². The van der Waals surface area contributed by atoms with Crippen molar-refractivity contribution >= 4 is 17.2 Å². The highest BCUT2D eigenvalue weighted by Gasteiger charge is 2.30. The molecular weight excluding hydrogens is 284 g/mol. The van der Waals surface area contributed by atoms with E-state index in [1.54, 1.807) is 11.3 Å². The van der Waals surface area contributed by atoms with Crippen LogP contribution in [0, 0.1) is 0 Å². The van der Waals surface area contributed by atoms with Gasteiger partial charge in [0.25, 0.3) is 5.91 Å². The molecule has 3 rings (SSSR count). The molecule has 1 aliphatic carbocycles. The molecule has 21 heavy (non-hydrogen) atoms. The van der Waals surface area contributed by atoms with Gasteiger partial charge in [-0.15, -0.1) is 0 Å². The Morgan fingerprint density at radius 3 is 2.76 bits per heavy atom. The average Bonchev–Trinajstić information content (AvgIpc) is 2.92. The van der Waals surface area contributed by atoms with Crippen LogP contribution in [0.3, 0.4) is 0 Å². The summed E-state index contributed by atoms with van der Waals surface area (Å²) in [5.41, 5.74) is 0.811. The first kappa shape index (κ1) is 15.0. The van der Waals surface area contributed by atoms with E-state index in [9.17, 15) is 9.90 Å². The molecule has 116 valence electrons. The number of aliphatic hydroxyl groups is 1. The largest absolute Gasteiger partial charge is 0.391 e. The zero-order chi connectivity index (χ0) is 14.7. The van der Waals surface area contributed by atoms with Gasteiger partial charge < -0.3 is 10.0 Å². The lowest BCUT2D eigenvalue weighted by molar-refractivity contribution is 0.0216. The fraction of sp³-hybridized carbons (Fsp3) is 0.688. The van der Waals surface area contributed by atoms with Gasteiger partial charge in [-0.25, -0.2) is 0 Å². The van der Waals surface area contributed by atoms with Crippen LogP contribution in [-0.2, 0) is 0 Å². The molecule has 0 bridgehead atoms. The molecular formula is C16H24N2O2S. The van der Waals surface area contributed by atoms with Crippen molar-refractivity contribution in [3.63, 3.8) is 0 Å². The topological polar surface area (TPSA) is 43.8 Å².